The molecule has 1 aromatic carbocycles. The molecule has 1 aromatic rings. The van der Waals surface area contributed by atoms with Crippen LogP contribution in [0.3, 0.4) is 0 Å². The second-order valence-electron chi connectivity index (χ2n) is 6.00. The number of benzene rings is 1. The lowest BCUT2D eigenvalue weighted by Gasteiger charge is -2.35. The van der Waals surface area contributed by atoms with Gasteiger partial charge in [-0.15, -0.1) is 0 Å². The summed E-state index contributed by atoms with van der Waals surface area (Å²) in [6.45, 7) is 3.74. The van der Waals surface area contributed by atoms with Crippen molar-refractivity contribution < 1.29 is 22.7 Å². The lowest BCUT2D eigenvalue weighted by molar-refractivity contribution is -0.148. The van der Waals surface area contributed by atoms with Crippen LogP contribution in [0.25, 0.3) is 0 Å². The van der Waals surface area contributed by atoms with Gasteiger partial charge < -0.3 is 10.1 Å². The Morgan fingerprint density at radius 1 is 1.17 bits per heavy atom. The van der Waals surface area contributed by atoms with Gasteiger partial charge in [0.1, 0.15) is 5.54 Å². The van der Waals surface area contributed by atoms with E-state index in [1.165, 1.54) is 7.11 Å². The van der Waals surface area contributed by atoms with E-state index >= 15 is 0 Å². The van der Waals surface area contributed by atoms with Gasteiger partial charge in [-0.25, -0.2) is 13.2 Å². The second-order valence-corrected chi connectivity index (χ2v) is 8.30. The van der Waals surface area contributed by atoms with Crippen molar-refractivity contribution in [3.05, 3.63) is 34.9 Å². The summed E-state index contributed by atoms with van der Waals surface area (Å²) in [7, 11) is -1.94. The number of carbonyl (C=O) groups excluding carboxylic acids is 2. The number of nitrogens with one attached hydrogen (secondary N) is 1. The number of hydrogen-bond acceptors (Lipinski definition) is 5. The van der Waals surface area contributed by atoms with E-state index in [0.717, 1.165) is 11.1 Å². The van der Waals surface area contributed by atoms with E-state index in [9.17, 15) is 18.0 Å². The normalized spacial score (nSPS) is 18.9. The molecule has 0 saturated carbocycles. The van der Waals surface area contributed by atoms with Crippen LogP contribution in [0, 0.1) is 13.8 Å². The van der Waals surface area contributed by atoms with Crippen molar-refractivity contribution in [3.63, 3.8) is 0 Å². The van der Waals surface area contributed by atoms with Crippen LogP contribution in [-0.2, 0) is 19.4 Å². The number of amides is 1. The van der Waals surface area contributed by atoms with E-state index in [0.29, 0.717) is 5.56 Å². The highest BCUT2D eigenvalue weighted by Crippen LogP contribution is 2.26. The molecule has 2 rings (SSSR count). The summed E-state index contributed by atoms with van der Waals surface area (Å²) >= 11 is 0. The molecule has 1 heterocycles. The van der Waals surface area contributed by atoms with E-state index in [-0.39, 0.29) is 24.3 Å². The zero-order valence-electron chi connectivity index (χ0n) is 13.5. The third-order valence-corrected chi connectivity index (χ3v) is 5.89. The first-order valence-corrected chi connectivity index (χ1v) is 9.20. The van der Waals surface area contributed by atoms with Gasteiger partial charge in [0.2, 0.25) is 0 Å². The number of aryl methyl sites for hydroxylation is 2. The SMILES string of the molecule is COC(=O)C1(NC(=O)c2ccc(C)cc2C)CCS(=O)(=O)CC1. The molecule has 0 radical (unpaired) electrons. The summed E-state index contributed by atoms with van der Waals surface area (Å²) in [5, 5.41) is 2.72. The third kappa shape index (κ3) is 3.72. The van der Waals surface area contributed by atoms with E-state index in [1.54, 1.807) is 6.07 Å². The summed E-state index contributed by atoms with van der Waals surface area (Å²) in [5.41, 5.74) is 1.01. The fourth-order valence-electron chi connectivity index (χ4n) is 2.82. The molecular formula is C16H21NO5S. The minimum absolute atomic E-state index is 0.0264. The Bertz CT molecular complexity index is 725. The van der Waals surface area contributed by atoms with Gasteiger partial charge in [-0.3, -0.25) is 4.79 Å². The first-order valence-electron chi connectivity index (χ1n) is 7.38. The Labute approximate surface area is 136 Å². The minimum atomic E-state index is -3.17. The van der Waals surface area contributed by atoms with Crippen molar-refractivity contribution in [2.45, 2.75) is 32.2 Å². The summed E-state index contributed by atoms with van der Waals surface area (Å²) < 4.78 is 28.1. The highest BCUT2D eigenvalue weighted by Gasteiger charge is 2.45. The highest BCUT2D eigenvalue weighted by atomic mass is 32.2. The Morgan fingerprint density at radius 3 is 2.30 bits per heavy atom. The van der Waals surface area contributed by atoms with Gasteiger partial charge in [0.25, 0.3) is 5.91 Å². The van der Waals surface area contributed by atoms with Gasteiger partial charge >= 0.3 is 5.97 Å². The van der Waals surface area contributed by atoms with Crippen molar-refractivity contribution in [2.24, 2.45) is 0 Å². The van der Waals surface area contributed by atoms with Gasteiger partial charge in [-0.2, -0.15) is 0 Å². The fourth-order valence-corrected chi connectivity index (χ4v) is 4.34. The van der Waals surface area contributed by atoms with E-state index < -0.39 is 27.3 Å². The standard InChI is InChI=1S/C16H21NO5S/c1-11-4-5-13(12(2)10-11)14(18)17-16(15(19)22-3)6-8-23(20,21)9-7-16/h4-5,10H,6-9H2,1-3H3,(H,17,18). The molecule has 126 valence electrons. The molecule has 1 aliphatic heterocycles. The topological polar surface area (TPSA) is 89.5 Å². The zero-order chi connectivity index (χ0) is 17.3. The molecule has 0 bridgehead atoms. The van der Waals surface area contributed by atoms with Crippen molar-refractivity contribution in [1.29, 1.82) is 0 Å². The molecule has 1 N–H and O–H groups in total. The molecule has 7 heteroatoms. The van der Waals surface area contributed by atoms with Gasteiger partial charge in [0.15, 0.2) is 9.84 Å². The van der Waals surface area contributed by atoms with Gasteiger partial charge in [0, 0.05) is 5.56 Å². The number of carbonyl (C=O) groups is 2. The largest absolute Gasteiger partial charge is 0.467 e. The quantitative estimate of drug-likeness (QED) is 0.835. The van der Waals surface area contributed by atoms with Crippen molar-refractivity contribution in [1.82, 2.24) is 5.32 Å². The number of esters is 1. The molecule has 1 aliphatic rings. The molecule has 0 aliphatic carbocycles. The minimum Gasteiger partial charge on any atom is -0.467 e. The van der Waals surface area contributed by atoms with Crippen molar-refractivity contribution in [3.8, 4) is 0 Å². The van der Waals surface area contributed by atoms with E-state index in [4.69, 9.17) is 4.74 Å². The van der Waals surface area contributed by atoms with Crippen LogP contribution in [0.5, 0.6) is 0 Å². The number of rotatable bonds is 3. The maximum absolute atomic E-state index is 12.6. The maximum atomic E-state index is 12.6. The number of methoxy groups -OCH3 is 1. The summed E-state index contributed by atoms with van der Waals surface area (Å²) in [6, 6.07) is 5.40. The molecule has 6 nitrogen and oxygen atoms in total. The summed E-state index contributed by atoms with van der Waals surface area (Å²) in [6.07, 6.45) is 0.0529. The summed E-state index contributed by atoms with van der Waals surface area (Å²) in [5.74, 6) is -1.29. The lowest BCUT2D eigenvalue weighted by atomic mass is 9.91. The van der Waals surface area contributed by atoms with Crippen LogP contribution >= 0.6 is 0 Å². The molecule has 1 saturated heterocycles. The first kappa shape index (κ1) is 17.5. The zero-order valence-corrected chi connectivity index (χ0v) is 14.3. The van der Waals surface area contributed by atoms with E-state index in [2.05, 4.69) is 5.32 Å². The Morgan fingerprint density at radius 2 is 1.78 bits per heavy atom. The average molecular weight is 339 g/mol. The van der Waals surface area contributed by atoms with Gasteiger partial charge in [-0.1, -0.05) is 17.7 Å². The van der Waals surface area contributed by atoms with Crippen LogP contribution in [0.4, 0.5) is 0 Å². The molecule has 0 aromatic heterocycles. The first-order chi connectivity index (χ1) is 10.7. The van der Waals surface area contributed by atoms with Crippen molar-refractivity contribution >= 4 is 21.7 Å². The Balaban J connectivity index is 2.28. The third-order valence-electron chi connectivity index (χ3n) is 4.24. The van der Waals surface area contributed by atoms with Gasteiger partial charge in [0.05, 0.1) is 18.6 Å². The lowest BCUT2D eigenvalue weighted by Crippen LogP contribution is -2.59. The maximum Gasteiger partial charge on any atom is 0.331 e. The second kappa shape index (κ2) is 6.31. The van der Waals surface area contributed by atoms with Crippen LogP contribution in [-0.4, -0.2) is 44.4 Å². The van der Waals surface area contributed by atoms with Crippen molar-refractivity contribution in [2.75, 3.05) is 18.6 Å². The smallest absolute Gasteiger partial charge is 0.331 e. The molecule has 1 fully saturated rings. The molecule has 0 spiro atoms. The predicted octanol–water partition coefficient (Wildman–Crippen LogP) is 1.15. The molecular weight excluding hydrogens is 318 g/mol. The average Bonchev–Trinajstić information content (AvgIpc) is 2.48. The number of sulfone groups is 1. The molecule has 23 heavy (non-hydrogen) atoms. The summed E-state index contributed by atoms with van der Waals surface area (Å²) in [4.78, 5) is 24.7. The number of hydrogen-bond donors (Lipinski definition) is 1. The van der Waals surface area contributed by atoms with Crippen LogP contribution in [0.15, 0.2) is 18.2 Å². The Kier molecular flexibility index (Phi) is 4.79. The highest BCUT2D eigenvalue weighted by molar-refractivity contribution is 7.91. The van der Waals surface area contributed by atoms with Crippen LogP contribution < -0.4 is 5.32 Å². The molecule has 0 atom stereocenters. The van der Waals surface area contributed by atoms with Gasteiger partial charge in [-0.05, 0) is 38.3 Å². The predicted molar refractivity (Wildman–Crippen MR) is 86.0 cm³/mol. The molecule has 1 amide bonds. The number of ether oxygens (including phenoxy) is 1. The van der Waals surface area contributed by atoms with Crippen LogP contribution in [0.1, 0.15) is 34.3 Å². The monoisotopic (exact) mass is 339 g/mol. The van der Waals surface area contributed by atoms with E-state index in [1.807, 2.05) is 26.0 Å². The van der Waals surface area contributed by atoms with Crippen LogP contribution in [0.2, 0.25) is 0 Å². The Hall–Kier alpha value is -1.89. The molecule has 0 unspecified atom stereocenters. The fraction of sp³-hybridized carbons (Fsp3) is 0.500.